The highest BCUT2D eigenvalue weighted by Crippen LogP contribution is 2.24. The molecule has 3 aromatic rings. The van der Waals surface area contributed by atoms with Crippen LogP contribution in [-0.2, 0) is 16.4 Å². The Labute approximate surface area is 154 Å². The molecule has 0 saturated carbocycles. The summed E-state index contributed by atoms with van der Waals surface area (Å²) in [6, 6.07) is 9.71. The molecular formula is C18H16F2N2O2S2. The maximum absolute atomic E-state index is 13.3. The monoisotopic (exact) mass is 394 g/mol. The minimum atomic E-state index is -3.70. The fourth-order valence-corrected chi connectivity index (χ4v) is 4.30. The van der Waals surface area contributed by atoms with Gasteiger partial charge >= 0.3 is 0 Å². The van der Waals surface area contributed by atoms with Crippen molar-refractivity contribution in [1.29, 1.82) is 0 Å². The number of nitrogens with zero attached hydrogens (tertiary/aromatic N) is 1. The highest BCUT2D eigenvalue weighted by atomic mass is 32.2. The van der Waals surface area contributed by atoms with Crippen LogP contribution < -0.4 is 4.72 Å². The van der Waals surface area contributed by atoms with E-state index in [2.05, 4.69) is 9.71 Å². The molecule has 2 aromatic carbocycles. The summed E-state index contributed by atoms with van der Waals surface area (Å²) in [7, 11) is -3.70. The summed E-state index contributed by atoms with van der Waals surface area (Å²) in [6.07, 6.45) is 0.414. The molecule has 1 heterocycles. The third-order valence-electron chi connectivity index (χ3n) is 3.76. The zero-order chi connectivity index (χ0) is 18.7. The van der Waals surface area contributed by atoms with Crippen molar-refractivity contribution >= 4 is 21.4 Å². The Kier molecular flexibility index (Phi) is 5.45. The van der Waals surface area contributed by atoms with Gasteiger partial charge in [-0.2, -0.15) is 0 Å². The summed E-state index contributed by atoms with van der Waals surface area (Å²) >= 11 is 1.41. The van der Waals surface area contributed by atoms with Crippen LogP contribution in [0.3, 0.4) is 0 Å². The largest absolute Gasteiger partial charge is 0.241 e. The van der Waals surface area contributed by atoms with Crippen molar-refractivity contribution in [3.05, 3.63) is 70.7 Å². The lowest BCUT2D eigenvalue weighted by atomic mass is 10.2. The number of aromatic nitrogens is 1. The Bertz CT molecular complexity index is 1020. The number of sulfonamides is 1. The van der Waals surface area contributed by atoms with Gasteiger partial charge in [-0.15, -0.1) is 11.3 Å². The fraction of sp³-hybridized carbons (Fsp3) is 0.167. The second-order valence-corrected chi connectivity index (χ2v) is 8.33. The molecule has 1 N–H and O–H groups in total. The van der Waals surface area contributed by atoms with E-state index in [0.29, 0.717) is 6.42 Å². The molecule has 0 spiro atoms. The first-order valence-electron chi connectivity index (χ1n) is 7.81. The topological polar surface area (TPSA) is 59.1 Å². The second kappa shape index (κ2) is 7.61. The number of thiazole rings is 1. The Morgan fingerprint density at radius 2 is 1.85 bits per heavy atom. The molecule has 0 aliphatic heterocycles. The molecule has 26 heavy (non-hydrogen) atoms. The van der Waals surface area contributed by atoms with Crippen molar-refractivity contribution in [3.8, 4) is 10.6 Å². The molecule has 1 aromatic heterocycles. The van der Waals surface area contributed by atoms with E-state index in [1.54, 1.807) is 12.1 Å². The van der Waals surface area contributed by atoms with Gasteiger partial charge in [0, 0.05) is 23.9 Å². The molecule has 0 atom stereocenters. The highest BCUT2D eigenvalue weighted by Gasteiger charge is 2.15. The average Bonchev–Trinajstić information content (AvgIpc) is 3.06. The molecule has 0 saturated heterocycles. The average molecular weight is 394 g/mol. The van der Waals surface area contributed by atoms with Gasteiger partial charge in [0.1, 0.15) is 16.6 Å². The first-order valence-corrected chi connectivity index (χ1v) is 10.2. The zero-order valence-electron chi connectivity index (χ0n) is 13.9. The fourth-order valence-electron chi connectivity index (χ4n) is 2.33. The smallest absolute Gasteiger partial charge is 0.240 e. The quantitative estimate of drug-likeness (QED) is 0.689. The maximum atomic E-state index is 13.3. The van der Waals surface area contributed by atoms with Crippen molar-refractivity contribution in [1.82, 2.24) is 9.71 Å². The summed E-state index contributed by atoms with van der Waals surface area (Å²) < 4.78 is 53.3. The van der Waals surface area contributed by atoms with Gasteiger partial charge in [-0.25, -0.2) is 26.9 Å². The van der Waals surface area contributed by atoms with Crippen molar-refractivity contribution in [2.24, 2.45) is 0 Å². The van der Waals surface area contributed by atoms with Crippen molar-refractivity contribution in [2.75, 3.05) is 6.54 Å². The molecule has 4 nitrogen and oxygen atoms in total. The Balaban J connectivity index is 1.62. The van der Waals surface area contributed by atoms with Gasteiger partial charge < -0.3 is 0 Å². The van der Waals surface area contributed by atoms with E-state index in [4.69, 9.17) is 0 Å². The van der Waals surface area contributed by atoms with Gasteiger partial charge in [-0.05, 0) is 55.0 Å². The molecule has 0 aliphatic rings. The Hall–Kier alpha value is -2.16. The number of aryl methyl sites for hydroxylation is 1. The van der Waals surface area contributed by atoms with Gasteiger partial charge in [0.25, 0.3) is 0 Å². The Morgan fingerprint density at radius 1 is 1.12 bits per heavy atom. The molecule has 0 radical (unpaired) electrons. The summed E-state index contributed by atoms with van der Waals surface area (Å²) in [5.41, 5.74) is 1.83. The minimum Gasteiger partial charge on any atom is -0.241 e. The van der Waals surface area contributed by atoms with E-state index >= 15 is 0 Å². The Morgan fingerprint density at radius 3 is 2.54 bits per heavy atom. The molecule has 136 valence electrons. The predicted octanol–water partition coefficient (Wildman–Crippen LogP) is 3.92. The van der Waals surface area contributed by atoms with Crippen molar-refractivity contribution < 1.29 is 17.2 Å². The van der Waals surface area contributed by atoms with E-state index in [1.807, 2.05) is 5.38 Å². The van der Waals surface area contributed by atoms with Crippen molar-refractivity contribution in [3.63, 3.8) is 0 Å². The minimum absolute atomic E-state index is 0.0293. The first-order chi connectivity index (χ1) is 12.3. The lowest BCUT2D eigenvalue weighted by Gasteiger charge is -2.07. The molecule has 8 heteroatoms. The molecule has 0 fully saturated rings. The summed E-state index contributed by atoms with van der Waals surface area (Å²) in [4.78, 5) is 4.47. The molecule has 0 amide bonds. The third kappa shape index (κ3) is 4.32. The van der Waals surface area contributed by atoms with Gasteiger partial charge in [0.2, 0.25) is 10.0 Å². The predicted molar refractivity (Wildman–Crippen MR) is 97.5 cm³/mol. The third-order valence-corrected chi connectivity index (χ3v) is 6.15. The summed E-state index contributed by atoms with van der Waals surface area (Å²) in [6.45, 7) is 1.69. The molecule has 3 rings (SSSR count). The lowest BCUT2D eigenvalue weighted by Crippen LogP contribution is -2.26. The van der Waals surface area contributed by atoms with E-state index in [9.17, 15) is 17.2 Å². The molecule has 0 bridgehead atoms. The van der Waals surface area contributed by atoms with E-state index < -0.39 is 15.8 Å². The van der Waals surface area contributed by atoms with Gasteiger partial charge in [0.05, 0.1) is 10.6 Å². The molecule has 0 aliphatic carbocycles. The standard InChI is InChI=1S/C18H16F2N2O2S2/c1-12-10-16(6-7-17(12)20)26(23,24)21-9-8-15-11-25-18(22-15)13-2-4-14(19)5-3-13/h2-7,10-11,21H,8-9H2,1H3. The number of benzene rings is 2. The first kappa shape index (κ1) is 18.6. The molecular weight excluding hydrogens is 378 g/mol. The van der Waals surface area contributed by atoms with Gasteiger partial charge in [0.15, 0.2) is 0 Å². The van der Waals surface area contributed by atoms with Crippen LogP contribution in [0.25, 0.3) is 10.6 Å². The summed E-state index contributed by atoms with van der Waals surface area (Å²) in [5, 5.41) is 2.59. The van der Waals surface area contributed by atoms with Crippen LogP contribution in [0.4, 0.5) is 8.78 Å². The van der Waals surface area contributed by atoms with E-state index in [-0.39, 0.29) is 22.8 Å². The summed E-state index contributed by atoms with van der Waals surface area (Å²) in [5.74, 6) is -0.754. The van der Waals surface area contributed by atoms with Crippen LogP contribution in [0.5, 0.6) is 0 Å². The van der Waals surface area contributed by atoms with Crippen LogP contribution in [0.2, 0.25) is 0 Å². The lowest BCUT2D eigenvalue weighted by molar-refractivity contribution is 0.580. The molecule has 0 unspecified atom stereocenters. The van der Waals surface area contributed by atoms with Crippen LogP contribution >= 0.6 is 11.3 Å². The second-order valence-electron chi connectivity index (χ2n) is 5.71. The number of nitrogens with one attached hydrogen (secondary N) is 1. The highest BCUT2D eigenvalue weighted by molar-refractivity contribution is 7.89. The van der Waals surface area contributed by atoms with Crippen LogP contribution in [0, 0.1) is 18.6 Å². The van der Waals surface area contributed by atoms with Crippen LogP contribution in [0.15, 0.2) is 52.7 Å². The van der Waals surface area contributed by atoms with Crippen molar-refractivity contribution in [2.45, 2.75) is 18.2 Å². The number of rotatable bonds is 6. The number of hydrogen-bond donors (Lipinski definition) is 1. The number of hydrogen-bond acceptors (Lipinski definition) is 4. The van der Waals surface area contributed by atoms with Gasteiger partial charge in [-0.1, -0.05) is 0 Å². The number of halogens is 2. The van der Waals surface area contributed by atoms with Crippen LogP contribution in [-0.4, -0.2) is 19.9 Å². The van der Waals surface area contributed by atoms with E-state index in [0.717, 1.165) is 22.3 Å². The van der Waals surface area contributed by atoms with E-state index in [1.165, 1.54) is 42.5 Å². The normalized spacial score (nSPS) is 11.7. The maximum Gasteiger partial charge on any atom is 0.240 e. The zero-order valence-corrected chi connectivity index (χ0v) is 15.5. The van der Waals surface area contributed by atoms with Crippen LogP contribution in [0.1, 0.15) is 11.3 Å². The SMILES string of the molecule is Cc1cc(S(=O)(=O)NCCc2csc(-c3ccc(F)cc3)n2)ccc1F. The van der Waals surface area contributed by atoms with Gasteiger partial charge in [-0.3, -0.25) is 0 Å².